The maximum absolute atomic E-state index is 12.4. The Hall–Kier alpha value is -3.87. The predicted molar refractivity (Wildman–Crippen MR) is 106 cm³/mol. The van der Waals surface area contributed by atoms with Crippen molar-refractivity contribution in [2.75, 3.05) is 5.32 Å². The van der Waals surface area contributed by atoms with Crippen LogP contribution in [0.1, 0.15) is 18.0 Å². The smallest absolute Gasteiger partial charge is 0.312 e. The van der Waals surface area contributed by atoms with E-state index in [1.165, 1.54) is 0 Å². The van der Waals surface area contributed by atoms with Gasteiger partial charge in [-0.25, -0.2) is 4.79 Å². The van der Waals surface area contributed by atoms with Crippen LogP contribution in [0.15, 0.2) is 79.1 Å². The van der Waals surface area contributed by atoms with Gasteiger partial charge in [0.2, 0.25) is 5.91 Å². The number of anilines is 1. The second-order valence-corrected chi connectivity index (χ2v) is 6.04. The Morgan fingerprint density at radius 3 is 2.50 bits per heavy atom. The van der Waals surface area contributed by atoms with E-state index in [9.17, 15) is 9.59 Å². The largest absolute Gasteiger partial charge is 0.457 e. The third-order valence-electron chi connectivity index (χ3n) is 3.89. The Labute approximate surface area is 162 Å². The fraction of sp³-hybridized carbons (Fsp3) is 0.0952. The highest BCUT2D eigenvalue weighted by Crippen LogP contribution is 2.26. The van der Waals surface area contributed by atoms with Gasteiger partial charge in [-0.3, -0.25) is 9.78 Å². The second-order valence-electron chi connectivity index (χ2n) is 6.04. The van der Waals surface area contributed by atoms with Crippen molar-refractivity contribution in [3.05, 3.63) is 84.7 Å². The number of aromatic nitrogens is 1. The maximum Gasteiger partial charge on any atom is 0.312 e. The minimum absolute atomic E-state index is 0.00657. The summed E-state index contributed by atoms with van der Waals surface area (Å²) in [5.74, 6) is 1.00. The van der Waals surface area contributed by atoms with Gasteiger partial charge in [-0.05, 0) is 42.0 Å². The number of amides is 3. The van der Waals surface area contributed by atoms with Crippen LogP contribution in [0.25, 0.3) is 0 Å². The summed E-state index contributed by atoms with van der Waals surface area (Å²) >= 11 is 0. The van der Waals surface area contributed by atoms with Crippen LogP contribution in [0.3, 0.4) is 0 Å². The number of rotatable bonds is 7. The number of para-hydroxylation sites is 1. The molecule has 0 saturated heterocycles. The lowest BCUT2D eigenvalue weighted by Gasteiger charge is -2.18. The number of pyridine rings is 1. The highest BCUT2D eigenvalue weighted by Gasteiger charge is 2.18. The van der Waals surface area contributed by atoms with Crippen LogP contribution in [0.4, 0.5) is 10.5 Å². The normalized spacial score (nSPS) is 11.3. The lowest BCUT2D eigenvalue weighted by Crippen LogP contribution is -2.35. The van der Waals surface area contributed by atoms with Crippen molar-refractivity contribution in [2.24, 2.45) is 5.73 Å². The Balaban J connectivity index is 1.74. The quantitative estimate of drug-likeness (QED) is 0.585. The lowest BCUT2D eigenvalue weighted by atomic mass is 10.0. The van der Waals surface area contributed by atoms with Crippen LogP contribution in [-0.4, -0.2) is 16.9 Å². The molecule has 3 rings (SSSR count). The molecule has 4 N–H and O–H groups in total. The minimum atomic E-state index is -0.714. The number of hydrogen-bond donors (Lipinski definition) is 3. The molecule has 1 heterocycles. The van der Waals surface area contributed by atoms with Crippen molar-refractivity contribution in [1.29, 1.82) is 0 Å². The zero-order chi connectivity index (χ0) is 19.8. The van der Waals surface area contributed by atoms with Crippen LogP contribution in [-0.2, 0) is 4.79 Å². The Kier molecular flexibility index (Phi) is 6.20. The first-order valence-electron chi connectivity index (χ1n) is 8.69. The molecule has 0 spiro atoms. The summed E-state index contributed by atoms with van der Waals surface area (Å²) in [7, 11) is 0. The fourth-order valence-electron chi connectivity index (χ4n) is 2.68. The number of carbonyl (C=O) groups excluding carboxylic acids is 2. The van der Waals surface area contributed by atoms with Gasteiger partial charge in [0, 0.05) is 6.20 Å². The van der Waals surface area contributed by atoms with E-state index < -0.39 is 12.1 Å². The van der Waals surface area contributed by atoms with Crippen LogP contribution in [0.5, 0.6) is 11.5 Å². The molecule has 142 valence electrons. The molecule has 0 aliphatic carbocycles. The number of nitrogens with one attached hydrogen (secondary N) is 2. The fourth-order valence-corrected chi connectivity index (χ4v) is 2.68. The van der Waals surface area contributed by atoms with Crippen molar-refractivity contribution >= 4 is 17.6 Å². The number of nitrogens with zero attached hydrogens (tertiary/aromatic N) is 1. The molecule has 0 aliphatic rings. The summed E-state index contributed by atoms with van der Waals surface area (Å²) in [5.41, 5.74) is 6.58. The van der Waals surface area contributed by atoms with E-state index in [-0.39, 0.29) is 12.3 Å². The van der Waals surface area contributed by atoms with E-state index in [0.717, 1.165) is 0 Å². The average Bonchev–Trinajstić information content (AvgIpc) is 2.69. The third-order valence-corrected chi connectivity index (χ3v) is 3.89. The number of nitrogens with two attached hydrogens (primary N) is 1. The van der Waals surface area contributed by atoms with E-state index in [1.54, 1.807) is 48.8 Å². The zero-order valence-corrected chi connectivity index (χ0v) is 15.0. The highest BCUT2D eigenvalue weighted by atomic mass is 16.5. The Bertz CT molecular complexity index is 933. The van der Waals surface area contributed by atoms with Gasteiger partial charge in [0.05, 0.1) is 24.3 Å². The van der Waals surface area contributed by atoms with E-state index in [1.807, 2.05) is 30.3 Å². The number of hydrogen-bond acceptors (Lipinski definition) is 4. The molecule has 0 unspecified atom stereocenters. The minimum Gasteiger partial charge on any atom is -0.457 e. The molecule has 0 fully saturated rings. The number of benzene rings is 2. The molecule has 2 aromatic carbocycles. The number of ether oxygens (including phenoxy) is 1. The summed E-state index contributed by atoms with van der Waals surface area (Å²) in [6.07, 6.45) is 3.17. The molecule has 0 saturated carbocycles. The van der Waals surface area contributed by atoms with Gasteiger partial charge in [0.15, 0.2) is 0 Å². The molecular formula is C21H20N4O3. The summed E-state index contributed by atoms with van der Waals surface area (Å²) < 4.78 is 5.82. The van der Waals surface area contributed by atoms with E-state index in [2.05, 4.69) is 15.6 Å². The first kappa shape index (κ1) is 18.9. The molecule has 28 heavy (non-hydrogen) atoms. The first-order chi connectivity index (χ1) is 13.6. The van der Waals surface area contributed by atoms with Gasteiger partial charge in [0.25, 0.3) is 0 Å². The third kappa shape index (κ3) is 5.57. The summed E-state index contributed by atoms with van der Waals surface area (Å²) in [4.78, 5) is 27.8. The molecule has 0 radical (unpaired) electrons. The lowest BCUT2D eigenvalue weighted by molar-refractivity contribution is -0.116. The van der Waals surface area contributed by atoms with Crippen molar-refractivity contribution < 1.29 is 14.3 Å². The van der Waals surface area contributed by atoms with Crippen molar-refractivity contribution in [2.45, 2.75) is 12.5 Å². The van der Waals surface area contributed by atoms with E-state index in [0.29, 0.717) is 22.7 Å². The van der Waals surface area contributed by atoms with Crippen LogP contribution in [0.2, 0.25) is 0 Å². The molecule has 7 nitrogen and oxygen atoms in total. The monoisotopic (exact) mass is 376 g/mol. The Morgan fingerprint density at radius 1 is 1.00 bits per heavy atom. The number of primary amides is 1. The molecule has 7 heteroatoms. The Morgan fingerprint density at radius 2 is 1.79 bits per heavy atom. The predicted octanol–water partition coefficient (Wildman–Crippen LogP) is 3.61. The zero-order valence-electron chi connectivity index (χ0n) is 15.0. The maximum atomic E-state index is 12.4. The molecular weight excluding hydrogens is 356 g/mol. The van der Waals surface area contributed by atoms with Gasteiger partial charge >= 0.3 is 6.03 Å². The van der Waals surface area contributed by atoms with Gasteiger partial charge in [-0.1, -0.05) is 30.3 Å². The summed E-state index contributed by atoms with van der Waals surface area (Å²) in [5, 5.41) is 5.36. The van der Waals surface area contributed by atoms with Crippen molar-refractivity contribution in [3.8, 4) is 11.5 Å². The molecule has 1 atom stereocenters. The van der Waals surface area contributed by atoms with Crippen LogP contribution >= 0.6 is 0 Å². The number of urea groups is 1. The molecule has 0 aliphatic heterocycles. The average molecular weight is 376 g/mol. The second kappa shape index (κ2) is 9.18. The van der Waals surface area contributed by atoms with Gasteiger partial charge < -0.3 is 21.1 Å². The molecule has 0 bridgehead atoms. The van der Waals surface area contributed by atoms with Gasteiger partial charge in [0.1, 0.15) is 11.5 Å². The van der Waals surface area contributed by atoms with Crippen molar-refractivity contribution in [1.82, 2.24) is 10.3 Å². The molecule has 3 amide bonds. The number of carbonyl (C=O) groups is 2. The van der Waals surface area contributed by atoms with Crippen molar-refractivity contribution in [3.63, 3.8) is 0 Å². The highest BCUT2D eigenvalue weighted by molar-refractivity contribution is 5.91. The van der Waals surface area contributed by atoms with Gasteiger partial charge in [-0.2, -0.15) is 0 Å². The SMILES string of the molecule is NC(=O)N[C@@H](CC(=O)Nc1cccnc1)c1cccc(Oc2ccccc2)c1. The summed E-state index contributed by atoms with van der Waals surface area (Å²) in [6.45, 7) is 0. The van der Waals surface area contributed by atoms with E-state index in [4.69, 9.17) is 10.5 Å². The van der Waals surface area contributed by atoms with Crippen LogP contribution in [0, 0.1) is 0 Å². The van der Waals surface area contributed by atoms with Crippen LogP contribution < -0.4 is 21.1 Å². The van der Waals surface area contributed by atoms with E-state index >= 15 is 0 Å². The standard InChI is InChI=1S/C21H20N4O3/c22-21(27)25-19(13-20(26)24-16-7-5-11-23-14-16)15-6-4-10-18(12-15)28-17-8-2-1-3-9-17/h1-12,14,19H,13H2,(H,24,26)(H3,22,25,27)/t19-/m0/s1. The van der Waals surface area contributed by atoms with Gasteiger partial charge in [-0.15, -0.1) is 0 Å². The molecule has 3 aromatic rings. The summed E-state index contributed by atoms with van der Waals surface area (Å²) in [6, 6.07) is 18.6. The topological polar surface area (TPSA) is 106 Å². The first-order valence-corrected chi connectivity index (χ1v) is 8.69. The molecule has 1 aromatic heterocycles.